The van der Waals surface area contributed by atoms with E-state index in [1.807, 2.05) is 30.1 Å². The van der Waals surface area contributed by atoms with Crippen LogP contribution < -0.4 is 4.74 Å². The molecule has 2 aromatic carbocycles. The maximum Gasteiger partial charge on any atom is 0.154 e. The summed E-state index contributed by atoms with van der Waals surface area (Å²) in [6, 6.07) is 12.6. The number of halogens is 1. The van der Waals surface area contributed by atoms with Crippen LogP contribution in [0.25, 0.3) is 0 Å². The summed E-state index contributed by atoms with van der Waals surface area (Å²) >= 11 is 0. The molecule has 4 rings (SSSR count). The Morgan fingerprint density at radius 3 is 2.79 bits per heavy atom. The number of hydrogen-bond donors (Lipinski definition) is 0. The Labute approximate surface area is 164 Å². The van der Waals surface area contributed by atoms with Crippen LogP contribution in [0.1, 0.15) is 43.0 Å². The van der Waals surface area contributed by atoms with Gasteiger partial charge in [-0.2, -0.15) is 5.10 Å². The molecule has 0 spiro atoms. The topological polar surface area (TPSA) is 41.9 Å². The zero-order valence-corrected chi connectivity index (χ0v) is 16.3. The number of hydrazone groups is 1. The Morgan fingerprint density at radius 1 is 1.25 bits per heavy atom. The van der Waals surface area contributed by atoms with Gasteiger partial charge in [-0.15, -0.1) is 0 Å². The molecule has 0 fully saturated rings. The maximum atomic E-state index is 14.0. The maximum absolute atomic E-state index is 14.0. The lowest BCUT2D eigenvalue weighted by Crippen LogP contribution is -2.28. The molecule has 1 aliphatic heterocycles. The van der Waals surface area contributed by atoms with E-state index in [2.05, 4.69) is 6.07 Å². The van der Waals surface area contributed by atoms with Crippen LogP contribution in [0.3, 0.4) is 0 Å². The second-order valence-corrected chi connectivity index (χ2v) is 7.39. The minimum atomic E-state index is -0.267. The number of hydrogen-bond acceptors (Lipinski definition) is 4. The van der Waals surface area contributed by atoms with E-state index in [0.29, 0.717) is 0 Å². The van der Waals surface area contributed by atoms with Gasteiger partial charge in [0, 0.05) is 23.3 Å². The van der Waals surface area contributed by atoms with Crippen molar-refractivity contribution in [1.82, 2.24) is 5.01 Å². The highest BCUT2D eigenvalue weighted by atomic mass is 19.1. The van der Waals surface area contributed by atoms with Gasteiger partial charge in [-0.25, -0.2) is 4.39 Å². The SMILES string of the molecule is COc1ccc2c(c1)C1=NN(/C(C)=C\C(C)=O)[C@H](c3cccc(F)c3)[C@H]1CC2. The molecular formula is C23H23FN2O2. The van der Waals surface area contributed by atoms with Gasteiger partial charge in [0.05, 0.1) is 18.9 Å². The van der Waals surface area contributed by atoms with Crippen molar-refractivity contribution in [2.75, 3.05) is 7.11 Å². The number of ether oxygens (including phenoxy) is 1. The molecule has 4 nitrogen and oxygen atoms in total. The molecule has 0 amide bonds. The van der Waals surface area contributed by atoms with Crippen LogP contribution in [0.2, 0.25) is 0 Å². The van der Waals surface area contributed by atoms with Crippen molar-refractivity contribution in [3.8, 4) is 5.75 Å². The van der Waals surface area contributed by atoms with Gasteiger partial charge in [0.25, 0.3) is 0 Å². The molecule has 0 saturated carbocycles. The van der Waals surface area contributed by atoms with Gasteiger partial charge in [-0.1, -0.05) is 18.2 Å². The summed E-state index contributed by atoms with van der Waals surface area (Å²) in [5.41, 5.74) is 4.92. The number of nitrogens with zero attached hydrogens (tertiary/aromatic N) is 2. The predicted molar refractivity (Wildman–Crippen MR) is 107 cm³/mol. The Morgan fingerprint density at radius 2 is 2.07 bits per heavy atom. The van der Waals surface area contributed by atoms with Crippen molar-refractivity contribution in [1.29, 1.82) is 0 Å². The first-order chi connectivity index (χ1) is 13.5. The number of rotatable bonds is 4. The average Bonchev–Trinajstić information content (AvgIpc) is 3.07. The van der Waals surface area contributed by atoms with Crippen molar-refractivity contribution >= 4 is 11.5 Å². The fourth-order valence-electron chi connectivity index (χ4n) is 4.29. The third-order valence-corrected chi connectivity index (χ3v) is 5.49. The van der Waals surface area contributed by atoms with E-state index in [1.165, 1.54) is 18.6 Å². The largest absolute Gasteiger partial charge is 0.497 e. The van der Waals surface area contributed by atoms with Gasteiger partial charge in [-0.05, 0) is 62.1 Å². The summed E-state index contributed by atoms with van der Waals surface area (Å²) < 4.78 is 19.4. The van der Waals surface area contributed by atoms with Crippen LogP contribution in [0.4, 0.5) is 4.39 Å². The molecule has 0 N–H and O–H groups in total. The number of benzene rings is 2. The molecule has 144 valence electrons. The third-order valence-electron chi connectivity index (χ3n) is 5.49. The van der Waals surface area contributed by atoms with Crippen LogP contribution in [-0.2, 0) is 11.2 Å². The summed E-state index contributed by atoms with van der Waals surface area (Å²) in [5, 5.41) is 6.80. The molecule has 0 unspecified atom stereocenters. The van der Waals surface area contributed by atoms with Crippen LogP contribution in [0, 0.1) is 11.7 Å². The van der Waals surface area contributed by atoms with Crippen LogP contribution >= 0.6 is 0 Å². The summed E-state index contributed by atoms with van der Waals surface area (Å²) in [7, 11) is 1.65. The van der Waals surface area contributed by atoms with E-state index in [-0.39, 0.29) is 23.6 Å². The molecular weight excluding hydrogens is 355 g/mol. The first-order valence-electron chi connectivity index (χ1n) is 9.47. The summed E-state index contributed by atoms with van der Waals surface area (Å²) in [4.78, 5) is 11.7. The summed E-state index contributed by atoms with van der Waals surface area (Å²) in [6.07, 6.45) is 3.43. The highest BCUT2D eigenvalue weighted by Gasteiger charge is 2.42. The molecule has 1 aliphatic carbocycles. The van der Waals surface area contributed by atoms with Gasteiger partial charge >= 0.3 is 0 Å². The lowest BCUT2D eigenvalue weighted by atomic mass is 9.77. The molecule has 2 aromatic rings. The number of allylic oxidation sites excluding steroid dienone is 2. The Bertz CT molecular complexity index is 996. The summed E-state index contributed by atoms with van der Waals surface area (Å²) in [5.74, 6) is 0.611. The lowest BCUT2D eigenvalue weighted by molar-refractivity contribution is -0.112. The average molecular weight is 378 g/mol. The Hall–Kier alpha value is -2.95. The van der Waals surface area contributed by atoms with Crippen molar-refractivity contribution in [2.45, 2.75) is 32.7 Å². The quantitative estimate of drug-likeness (QED) is 0.727. The van der Waals surface area contributed by atoms with Crippen molar-refractivity contribution < 1.29 is 13.9 Å². The minimum absolute atomic E-state index is 0.0346. The van der Waals surface area contributed by atoms with Crippen LogP contribution in [-0.4, -0.2) is 23.6 Å². The highest BCUT2D eigenvalue weighted by Crippen LogP contribution is 2.45. The number of methoxy groups -OCH3 is 1. The predicted octanol–water partition coefficient (Wildman–Crippen LogP) is 4.65. The van der Waals surface area contributed by atoms with Gasteiger partial charge in [0.15, 0.2) is 5.78 Å². The number of aryl methyl sites for hydroxylation is 1. The second kappa shape index (κ2) is 7.23. The zero-order valence-electron chi connectivity index (χ0n) is 16.3. The number of ketones is 1. The first kappa shape index (κ1) is 18.4. The minimum Gasteiger partial charge on any atom is -0.497 e. The van der Waals surface area contributed by atoms with Gasteiger partial charge in [0.1, 0.15) is 11.6 Å². The van der Waals surface area contributed by atoms with E-state index >= 15 is 0 Å². The zero-order chi connectivity index (χ0) is 19.8. The first-order valence-corrected chi connectivity index (χ1v) is 9.47. The van der Waals surface area contributed by atoms with Gasteiger partial charge in [-0.3, -0.25) is 9.80 Å². The van der Waals surface area contributed by atoms with Gasteiger partial charge < -0.3 is 4.74 Å². The van der Waals surface area contributed by atoms with E-state index < -0.39 is 0 Å². The number of carbonyl (C=O) groups is 1. The highest BCUT2D eigenvalue weighted by molar-refractivity contribution is 6.06. The molecule has 0 radical (unpaired) electrons. The van der Waals surface area contributed by atoms with Gasteiger partial charge in [0.2, 0.25) is 0 Å². The second-order valence-electron chi connectivity index (χ2n) is 7.39. The third kappa shape index (κ3) is 3.21. The molecule has 5 heteroatoms. The van der Waals surface area contributed by atoms with Crippen LogP contribution in [0.15, 0.2) is 59.3 Å². The van der Waals surface area contributed by atoms with E-state index in [4.69, 9.17) is 9.84 Å². The van der Waals surface area contributed by atoms with E-state index in [0.717, 1.165) is 41.1 Å². The number of carbonyl (C=O) groups excluding carboxylic acids is 1. The summed E-state index contributed by atoms with van der Waals surface area (Å²) in [6.45, 7) is 3.40. The fraction of sp³-hybridized carbons (Fsp3) is 0.304. The van der Waals surface area contributed by atoms with Crippen molar-refractivity contribution in [2.24, 2.45) is 11.0 Å². The normalized spacial score (nSPS) is 21.1. The smallest absolute Gasteiger partial charge is 0.154 e. The Kier molecular flexibility index (Phi) is 4.75. The molecule has 2 aliphatic rings. The molecule has 1 heterocycles. The van der Waals surface area contributed by atoms with Crippen LogP contribution in [0.5, 0.6) is 5.75 Å². The van der Waals surface area contributed by atoms with E-state index in [1.54, 1.807) is 25.3 Å². The monoisotopic (exact) mass is 378 g/mol. The van der Waals surface area contributed by atoms with E-state index in [9.17, 15) is 9.18 Å². The molecule has 0 aromatic heterocycles. The lowest BCUT2D eigenvalue weighted by Gasteiger charge is -2.31. The Balaban J connectivity index is 1.84. The molecule has 0 bridgehead atoms. The van der Waals surface area contributed by atoms with Crippen molar-refractivity contribution in [3.63, 3.8) is 0 Å². The standard InChI is InChI=1S/C23H23FN2O2/c1-14(11-15(2)27)26-23(17-5-4-6-18(24)12-17)20-10-8-16-7-9-19(28-3)13-21(16)22(20)25-26/h4-7,9,11-13,20,23H,8,10H2,1-3H3/b14-11-/t20-,23+/m0/s1. The fourth-order valence-corrected chi connectivity index (χ4v) is 4.29. The number of fused-ring (bicyclic) bond motifs is 3. The molecule has 0 saturated heterocycles. The molecule has 28 heavy (non-hydrogen) atoms. The van der Waals surface area contributed by atoms with Crippen molar-refractivity contribution in [3.05, 3.63) is 76.7 Å². The molecule has 2 atom stereocenters.